The van der Waals surface area contributed by atoms with E-state index in [-0.39, 0.29) is 30.9 Å². The van der Waals surface area contributed by atoms with Crippen molar-refractivity contribution in [3.05, 3.63) is 65.9 Å². The zero-order valence-electron chi connectivity index (χ0n) is 24.0. The van der Waals surface area contributed by atoms with Gasteiger partial charge in [0, 0.05) is 29.9 Å². The molecule has 2 aromatic carbocycles. The summed E-state index contributed by atoms with van der Waals surface area (Å²) in [5.41, 5.74) is 13.1. The predicted octanol–water partition coefficient (Wildman–Crippen LogP) is 0.447. The van der Waals surface area contributed by atoms with Crippen molar-refractivity contribution < 1.29 is 34.2 Å². The number of carbonyl (C=O) groups is 5. The lowest BCUT2D eigenvalue weighted by atomic mass is 10.00. The number of aromatic hydroxyl groups is 1. The monoisotopic (exact) mass is 594 g/mol. The molecule has 1 aromatic heterocycles. The Hall–Kier alpha value is -4.91. The van der Waals surface area contributed by atoms with E-state index in [0.29, 0.717) is 11.1 Å². The first-order valence-electron chi connectivity index (χ1n) is 13.8. The number of phenols is 1. The van der Waals surface area contributed by atoms with Gasteiger partial charge in [0.15, 0.2) is 0 Å². The number of para-hydroxylation sites is 1. The zero-order chi connectivity index (χ0) is 31.7. The third-order valence-corrected chi connectivity index (χ3v) is 6.82. The number of nitrogens with two attached hydrogens (primary N) is 2. The number of aromatic amines is 1. The van der Waals surface area contributed by atoms with Crippen LogP contribution in [-0.4, -0.2) is 69.0 Å². The maximum absolute atomic E-state index is 13.7. The van der Waals surface area contributed by atoms with Gasteiger partial charge in [-0.25, -0.2) is 4.79 Å². The number of H-pyrrole nitrogens is 1. The number of nitrogens with one attached hydrogen (secondary N) is 4. The smallest absolute Gasteiger partial charge is 0.326 e. The van der Waals surface area contributed by atoms with E-state index >= 15 is 0 Å². The third-order valence-electron chi connectivity index (χ3n) is 6.82. The van der Waals surface area contributed by atoms with Crippen LogP contribution in [0.15, 0.2) is 54.7 Å². The molecule has 13 heteroatoms. The van der Waals surface area contributed by atoms with Gasteiger partial charge in [-0.3, -0.25) is 19.2 Å². The first-order valence-corrected chi connectivity index (χ1v) is 13.8. The maximum Gasteiger partial charge on any atom is 0.326 e. The summed E-state index contributed by atoms with van der Waals surface area (Å²) in [5.74, 6) is -4.31. The number of benzene rings is 2. The number of aliphatic carboxylic acids is 1. The molecule has 3 rings (SSSR count). The second kappa shape index (κ2) is 14.8. The number of rotatable bonds is 15. The average molecular weight is 595 g/mol. The molecule has 0 saturated heterocycles. The molecule has 0 spiro atoms. The SMILES string of the molecule is CC(C)CC(NC(=O)C(Cc1ccc(O)cc1)NC(=O)C(Cc1c[nH]c2ccccc12)NC(=O)C(N)CC(N)=O)C(=O)O. The molecule has 43 heavy (non-hydrogen) atoms. The fourth-order valence-electron chi connectivity index (χ4n) is 4.63. The fourth-order valence-corrected chi connectivity index (χ4v) is 4.63. The molecular formula is C30H38N6O7. The highest BCUT2D eigenvalue weighted by atomic mass is 16.4. The lowest BCUT2D eigenvalue weighted by Crippen LogP contribution is -2.58. The van der Waals surface area contributed by atoms with E-state index in [0.717, 1.165) is 10.9 Å². The normalized spacial score (nSPS) is 14.0. The quantitative estimate of drug-likeness (QED) is 0.123. The predicted molar refractivity (Wildman–Crippen MR) is 158 cm³/mol. The number of amides is 4. The standard InChI is InChI=1S/C30H38N6O7/c1-16(2)11-25(30(42)43)36-28(40)23(12-17-7-9-19(37)10-8-17)35-29(41)24(34-27(39)21(31)14-26(32)38)13-18-15-33-22-6-4-3-5-20(18)22/h3-10,15-16,21,23-25,33,37H,11-14,31H2,1-2H3,(H2,32,38)(H,34,39)(H,35,41)(H,36,40)(H,42,43). The van der Waals surface area contributed by atoms with Crippen LogP contribution >= 0.6 is 0 Å². The largest absolute Gasteiger partial charge is 0.508 e. The summed E-state index contributed by atoms with van der Waals surface area (Å²) < 4.78 is 0. The van der Waals surface area contributed by atoms with Crippen molar-refractivity contribution in [1.29, 1.82) is 0 Å². The average Bonchev–Trinajstić information content (AvgIpc) is 3.35. The van der Waals surface area contributed by atoms with Gasteiger partial charge in [-0.15, -0.1) is 0 Å². The molecule has 4 unspecified atom stereocenters. The Morgan fingerprint density at radius 3 is 2.02 bits per heavy atom. The molecule has 0 aliphatic rings. The minimum Gasteiger partial charge on any atom is -0.508 e. The van der Waals surface area contributed by atoms with Crippen LogP contribution in [0.3, 0.4) is 0 Å². The van der Waals surface area contributed by atoms with E-state index in [4.69, 9.17) is 11.5 Å². The number of fused-ring (bicyclic) bond motifs is 1. The number of hydrogen-bond donors (Lipinski definition) is 8. The Labute approximate surface area is 248 Å². The molecule has 4 atom stereocenters. The van der Waals surface area contributed by atoms with Gasteiger partial charge in [-0.1, -0.05) is 44.2 Å². The highest BCUT2D eigenvalue weighted by Gasteiger charge is 2.31. The molecule has 0 aliphatic carbocycles. The molecule has 3 aromatic rings. The molecule has 0 radical (unpaired) electrons. The molecule has 230 valence electrons. The Balaban J connectivity index is 1.91. The number of primary amides is 1. The number of phenolic OH excluding ortho intramolecular Hbond substituents is 1. The number of carbonyl (C=O) groups excluding carboxylic acids is 4. The van der Waals surface area contributed by atoms with E-state index in [1.807, 2.05) is 38.1 Å². The third kappa shape index (κ3) is 9.57. The van der Waals surface area contributed by atoms with Crippen molar-refractivity contribution in [2.24, 2.45) is 17.4 Å². The van der Waals surface area contributed by atoms with Gasteiger partial charge >= 0.3 is 5.97 Å². The fraction of sp³-hybridized carbons (Fsp3) is 0.367. The van der Waals surface area contributed by atoms with Crippen LogP contribution in [-0.2, 0) is 36.8 Å². The number of hydrogen-bond acceptors (Lipinski definition) is 7. The highest BCUT2D eigenvalue weighted by molar-refractivity contribution is 5.95. The molecule has 0 bridgehead atoms. The lowest BCUT2D eigenvalue weighted by Gasteiger charge is -2.25. The molecule has 1 heterocycles. The summed E-state index contributed by atoms with van der Waals surface area (Å²) in [6, 6.07) is 8.37. The van der Waals surface area contributed by atoms with E-state index in [2.05, 4.69) is 20.9 Å². The van der Waals surface area contributed by atoms with Crippen molar-refractivity contribution in [3.63, 3.8) is 0 Å². The van der Waals surface area contributed by atoms with Gasteiger partial charge in [-0.05, 0) is 41.7 Å². The summed E-state index contributed by atoms with van der Waals surface area (Å²) in [6.45, 7) is 3.64. The summed E-state index contributed by atoms with van der Waals surface area (Å²) in [6.07, 6.45) is 1.39. The molecule has 4 amide bonds. The summed E-state index contributed by atoms with van der Waals surface area (Å²) >= 11 is 0. The maximum atomic E-state index is 13.7. The van der Waals surface area contributed by atoms with E-state index < -0.39 is 60.2 Å². The molecule has 0 saturated carbocycles. The van der Waals surface area contributed by atoms with E-state index in [1.165, 1.54) is 12.1 Å². The van der Waals surface area contributed by atoms with Crippen molar-refractivity contribution in [2.75, 3.05) is 0 Å². The second-order valence-electron chi connectivity index (χ2n) is 10.9. The van der Waals surface area contributed by atoms with Crippen LogP contribution < -0.4 is 27.4 Å². The van der Waals surface area contributed by atoms with Crippen molar-refractivity contribution in [2.45, 2.75) is 63.7 Å². The number of carboxylic acids is 1. The summed E-state index contributed by atoms with van der Waals surface area (Å²) in [5, 5.41) is 27.9. The lowest BCUT2D eigenvalue weighted by molar-refractivity contribution is -0.142. The highest BCUT2D eigenvalue weighted by Crippen LogP contribution is 2.20. The van der Waals surface area contributed by atoms with Crippen LogP contribution in [0.25, 0.3) is 10.9 Å². The first kappa shape index (κ1) is 32.6. The molecular weight excluding hydrogens is 556 g/mol. The van der Waals surface area contributed by atoms with Gasteiger partial charge in [0.2, 0.25) is 23.6 Å². The van der Waals surface area contributed by atoms with Gasteiger partial charge < -0.3 is 42.6 Å². The van der Waals surface area contributed by atoms with Gasteiger partial charge in [0.1, 0.15) is 23.9 Å². The van der Waals surface area contributed by atoms with Gasteiger partial charge in [0.25, 0.3) is 0 Å². The topological polar surface area (TPSA) is 230 Å². The van der Waals surface area contributed by atoms with Crippen LogP contribution in [0.2, 0.25) is 0 Å². The second-order valence-corrected chi connectivity index (χ2v) is 10.9. The molecule has 10 N–H and O–H groups in total. The van der Waals surface area contributed by atoms with Crippen LogP contribution in [0, 0.1) is 5.92 Å². The Bertz CT molecular complexity index is 1450. The Morgan fingerprint density at radius 1 is 0.837 bits per heavy atom. The minimum atomic E-state index is -1.31. The summed E-state index contributed by atoms with van der Waals surface area (Å²) in [4.78, 5) is 66.3. The molecule has 13 nitrogen and oxygen atoms in total. The molecule has 0 aliphatic heterocycles. The van der Waals surface area contributed by atoms with Crippen LogP contribution in [0.5, 0.6) is 5.75 Å². The zero-order valence-corrected chi connectivity index (χ0v) is 24.0. The van der Waals surface area contributed by atoms with E-state index in [9.17, 15) is 34.2 Å². The van der Waals surface area contributed by atoms with Crippen LogP contribution in [0.4, 0.5) is 0 Å². The molecule has 0 fully saturated rings. The number of carboxylic acid groups (broad SMARTS) is 1. The Morgan fingerprint density at radius 2 is 1.42 bits per heavy atom. The van der Waals surface area contributed by atoms with Crippen molar-refractivity contribution >= 4 is 40.5 Å². The minimum absolute atomic E-state index is 0.00350. The Kier molecular flexibility index (Phi) is 11.2. The van der Waals surface area contributed by atoms with E-state index in [1.54, 1.807) is 18.3 Å². The van der Waals surface area contributed by atoms with Crippen LogP contribution in [0.1, 0.15) is 37.8 Å². The first-order chi connectivity index (χ1) is 20.3. The van der Waals surface area contributed by atoms with Gasteiger partial charge in [-0.2, -0.15) is 0 Å². The van der Waals surface area contributed by atoms with Crippen molar-refractivity contribution in [1.82, 2.24) is 20.9 Å². The summed E-state index contributed by atoms with van der Waals surface area (Å²) in [7, 11) is 0. The van der Waals surface area contributed by atoms with Gasteiger partial charge in [0.05, 0.1) is 12.5 Å². The van der Waals surface area contributed by atoms with Crippen molar-refractivity contribution in [3.8, 4) is 5.75 Å². The number of aromatic nitrogens is 1.